The molecule has 2 rings (SSSR count). The van der Waals surface area contributed by atoms with E-state index in [0.717, 1.165) is 10.6 Å². The Bertz CT molecular complexity index is 634. The normalized spacial score (nSPS) is 13.2. The molecule has 0 aliphatic rings. The fourth-order valence-corrected chi connectivity index (χ4v) is 2.09. The number of para-hydroxylation sites is 2. The van der Waals surface area contributed by atoms with Gasteiger partial charge < -0.3 is 15.0 Å². The van der Waals surface area contributed by atoms with Gasteiger partial charge in [0.1, 0.15) is 24.7 Å². The van der Waals surface area contributed by atoms with Crippen LogP contribution in [0.1, 0.15) is 6.92 Å². The van der Waals surface area contributed by atoms with Gasteiger partial charge in [-0.25, -0.2) is 4.39 Å². The molecule has 122 valence electrons. The third kappa shape index (κ3) is 5.07. The molecule has 2 aromatic rings. The van der Waals surface area contributed by atoms with Crippen molar-refractivity contribution in [3.05, 3.63) is 60.4 Å². The minimum absolute atomic E-state index is 0.206. The number of quaternary nitrogens is 1. The van der Waals surface area contributed by atoms with Crippen LogP contribution >= 0.6 is 0 Å². The molecule has 0 spiro atoms. The predicted octanol–water partition coefficient (Wildman–Crippen LogP) is 1.75. The van der Waals surface area contributed by atoms with Crippen molar-refractivity contribution in [2.45, 2.75) is 13.0 Å². The summed E-state index contributed by atoms with van der Waals surface area (Å²) in [5.41, 5.74) is 0.206. The van der Waals surface area contributed by atoms with E-state index in [4.69, 9.17) is 4.74 Å². The summed E-state index contributed by atoms with van der Waals surface area (Å²) in [4.78, 5) is 13.2. The van der Waals surface area contributed by atoms with Gasteiger partial charge in [0, 0.05) is 0 Å². The Labute approximate surface area is 135 Å². The van der Waals surface area contributed by atoms with Crippen molar-refractivity contribution in [2.75, 3.05) is 25.5 Å². The van der Waals surface area contributed by atoms with E-state index in [1.54, 1.807) is 18.2 Å². The van der Waals surface area contributed by atoms with Gasteiger partial charge in [-0.2, -0.15) is 0 Å². The second kappa shape index (κ2) is 8.29. The van der Waals surface area contributed by atoms with E-state index < -0.39 is 5.82 Å². The van der Waals surface area contributed by atoms with Gasteiger partial charge in [-0.05, 0) is 31.2 Å². The van der Waals surface area contributed by atoms with Gasteiger partial charge in [-0.3, -0.25) is 4.79 Å². The molecule has 1 unspecified atom stereocenters. The molecule has 0 saturated carbocycles. The molecule has 0 heterocycles. The van der Waals surface area contributed by atoms with E-state index in [2.05, 4.69) is 5.32 Å². The largest absolute Gasteiger partial charge is 0.488 e. The monoisotopic (exact) mass is 317 g/mol. The zero-order valence-electron chi connectivity index (χ0n) is 13.4. The second-order valence-electron chi connectivity index (χ2n) is 5.45. The maximum absolute atomic E-state index is 13.6. The van der Waals surface area contributed by atoms with Gasteiger partial charge in [0.05, 0.1) is 12.7 Å². The van der Waals surface area contributed by atoms with E-state index >= 15 is 0 Å². The van der Waals surface area contributed by atoms with Crippen molar-refractivity contribution < 1.29 is 18.8 Å². The summed E-state index contributed by atoms with van der Waals surface area (Å²) in [5.74, 6) is 0.161. The highest BCUT2D eigenvalue weighted by Gasteiger charge is 2.22. The van der Waals surface area contributed by atoms with Crippen molar-refractivity contribution in [3.8, 4) is 5.75 Å². The summed E-state index contributed by atoms with van der Waals surface area (Å²) < 4.78 is 19.2. The highest BCUT2D eigenvalue weighted by atomic mass is 19.1. The fourth-order valence-electron chi connectivity index (χ4n) is 2.09. The van der Waals surface area contributed by atoms with Crippen LogP contribution < -0.4 is 15.0 Å². The third-order valence-electron chi connectivity index (χ3n) is 3.77. The lowest BCUT2D eigenvalue weighted by Crippen LogP contribution is -3.14. The molecule has 0 aromatic heterocycles. The number of rotatable bonds is 7. The smallest absolute Gasteiger partial charge is 0.282 e. The fraction of sp³-hybridized carbons (Fsp3) is 0.278. The van der Waals surface area contributed by atoms with Crippen LogP contribution in [-0.2, 0) is 4.79 Å². The van der Waals surface area contributed by atoms with E-state index in [9.17, 15) is 9.18 Å². The third-order valence-corrected chi connectivity index (χ3v) is 3.77. The molecule has 0 saturated heterocycles. The summed E-state index contributed by atoms with van der Waals surface area (Å²) in [7, 11) is 1.92. The minimum Gasteiger partial charge on any atom is -0.488 e. The first kappa shape index (κ1) is 17.0. The Balaban J connectivity index is 1.80. The lowest BCUT2D eigenvalue weighted by atomic mass is 10.2. The zero-order chi connectivity index (χ0) is 16.7. The van der Waals surface area contributed by atoms with Crippen LogP contribution in [0.15, 0.2) is 54.6 Å². The predicted molar refractivity (Wildman–Crippen MR) is 88.2 cm³/mol. The van der Waals surface area contributed by atoms with Crippen molar-refractivity contribution >= 4 is 11.6 Å². The molecule has 2 N–H and O–H groups in total. The average molecular weight is 317 g/mol. The van der Waals surface area contributed by atoms with E-state index in [1.165, 1.54) is 6.07 Å². The van der Waals surface area contributed by atoms with Crippen LogP contribution in [0.2, 0.25) is 0 Å². The first-order valence-corrected chi connectivity index (χ1v) is 7.63. The van der Waals surface area contributed by atoms with E-state index in [-0.39, 0.29) is 17.6 Å². The maximum Gasteiger partial charge on any atom is 0.282 e. The number of nitrogens with one attached hydrogen (secondary N) is 2. The van der Waals surface area contributed by atoms with Gasteiger partial charge in [0.15, 0.2) is 6.04 Å². The van der Waals surface area contributed by atoms with Gasteiger partial charge in [0.2, 0.25) is 0 Å². The number of likely N-dealkylation sites (N-methyl/N-ethyl adjacent to an activating group) is 1. The molecule has 2 aromatic carbocycles. The SMILES string of the molecule is C[C@H](C(=O)Nc1ccccc1F)[NH+](C)CCOc1ccccc1. The summed E-state index contributed by atoms with van der Waals surface area (Å²) in [6.45, 7) is 2.99. The zero-order valence-corrected chi connectivity index (χ0v) is 13.4. The molecule has 0 aliphatic heterocycles. The molecule has 23 heavy (non-hydrogen) atoms. The number of amides is 1. The first-order chi connectivity index (χ1) is 11.1. The van der Waals surface area contributed by atoms with Gasteiger partial charge in [0.25, 0.3) is 5.91 Å². The molecular formula is C18H22FN2O2+. The van der Waals surface area contributed by atoms with E-state index in [0.29, 0.717) is 13.2 Å². The summed E-state index contributed by atoms with van der Waals surface area (Å²) in [6.07, 6.45) is 0. The Hall–Kier alpha value is -2.40. The summed E-state index contributed by atoms with van der Waals surface area (Å²) in [5, 5.41) is 2.62. The highest BCUT2D eigenvalue weighted by molar-refractivity contribution is 5.93. The molecule has 0 radical (unpaired) electrons. The molecule has 4 nitrogen and oxygen atoms in total. The number of hydrogen-bond donors (Lipinski definition) is 2. The van der Waals surface area contributed by atoms with Crippen molar-refractivity contribution in [1.82, 2.24) is 0 Å². The molecule has 0 bridgehead atoms. The number of hydrogen-bond acceptors (Lipinski definition) is 2. The number of benzene rings is 2. The molecule has 2 atom stereocenters. The average Bonchev–Trinajstić information content (AvgIpc) is 2.57. The summed E-state index contributed by atoms with van der Waals surface area (Å²) in [6, 6.07) is 15.4. The van der Waals surface area contributed by atoms with Crippen molar-refractivity contribution in [3.63, 3.8) is 0 Å². The number of ether oxygens (including phenoxy) is 1. The van der Waals surface area contributed by atoms with Crippen LogP contribution in [0.5, 0.6) is 5.75 Å². The molecule has 0 fully saturated rings. The minimum atomic E-state index is -0.432. The summed E-state index contributed by atoms with van der Waals surface area (Å²) >= 11 is 0. The maximum atomic E-state index is 13.6. The number of halogens is 1. The Morgan fingerprint density at radius 3 is 2.52 bits per heavy atom. The first-order valence-electron chi connectivity index (χ1n) is 7.63. The lowest BCUT2D eigenvalue weighted by molar-refractivity contribution is -0.894. The number of anilines is 1. The Morgan fingerprint density at radius 2 is 1.83 bits per heavy atom. The van der Waals surface area contributed by atoms with Gasteiger partial charge >= 0.3 is 0 Å². The van der Waals surface area contributed by atoms with Gasteiger partial charge in [-0.15, -0.1) is 0 Å². The lowest BCUT2D eigenvalue weighted by Gasteiger charge is -2.21. The number of carbonyl (C=O) groups excluding carboxylic acids is 1. The standard InChI is InChI=1S/C18H21FN2O2/c1-14(18(22)20-17-11-7-6-10-16(17)19)21(2)12-13-23-15-8-4-3-5-9-15/h3-11,14H,12-13H2,1-2H3,(H,20,22)/p+1/t14-/m1/s1. The van der Waals surface area contributed by atoms with Crippen LogP contribution in [-0.4, -0.2) is 32.1 Å². The molecule has 5 heteroatoms. The molecule has 0 aliphatic carbocycles. The number of carbonyl (C=O) groups is 1. The Kier molecular flexibility index (Phi) is 6.11. The molecular weight excluding hydrogens is 295 g/mol. The van der Waals surface area contributed by atoms with Crippen LogP contribution in [0.3, 0.4) is 0 Å². The topological polar surface area (TPSA) is 42.8 Å². The Morgan fingerprint density at radius 1 is 1.17 bits per heavy atom. The van der Waals surface area contributed by atoms with Crippen molar-refractivity contribution in [1.29, 1.82) is 0 Å². The second-order valence-corrected chi connectivity index (χ2v) is 5.45. The van der Waals surface area contributed by atoms with Crippen LogP contribution in [0.4, 0.5) is 10.1 Å². The van der Waals surface area contributed by atoms with Crippen molar-refractivity contribution in [2.24, 2.45) is 0 Å². The van der Waals surface area contributed by atoms with Crippen LogP contribution in [0.25, 0.3) is 0 Å². The molecule has 1 amide bonds. The highest BCUT2D eigenvalue weighted by Crippen LogP contribution is 2.12. The van der Waals surface area contributed by atoms with Crippen LogP contribution in [0, 0.1) is 5.82 Å². The van der Waals surface area contributed by atoms with E-state index in [1.807, 2.05) is 44.3 Å². The van der Waals surface area contributed by atoms with Gasteiger partial charge in [-0.1, -0.05) is 30.3 Å². The quantitative estimate of drug-likeness (QED) is 0.817.